The Morgan fingerprint density at radius 1 is 1.00 bits per heavy atom. The van der Waals surface area contributed by atoms with Gasteiger partial charge < -0.3 is 9.80 Å². The highest BCUT2D eigenvalue weighted by Crippen LogP contribution is 2.48. The van der Waals surface area contributed by atoms with Crippen LogP contribution in [0.1, 0.15) is 59.7 Å². The molecule has 3 unspecified atom stereocenters. The number of rotatable bonds is 8. The van der Waals surface area contributed by atoms with Crippen molar-refractivity contribution in [2.45, 2.75) is 44.6 Å². The van der Waals surface area contributed by atoms with Crippen LogP contribution in [0.3, 0.4) is 0 Å². The lowest BCUT2D eigenvalue weighted by molar-refractivity contribution is -0.142. The van der Waals surface area contributed by atoms with Crippen LogP contribution in [0.25, 0.3) is 0 Å². The lowest BCUT2D eigenvalue weighted by Gasteiger charge is -2.37. The van der Waals surface area contributed by atoms with Crippen LogP contribution < -0.4 is 0 Å². The first-order valence-electron chi connectivity index (χ1n) is 12.4. The van der Waals surface area contributed by atoms with Gasteiger partial charge in [0.25, 0.3) is 0 Å². The molecule has 4 nitrogen and oxygen atoms in total. The lowest BCUT2D eigenvalue weighted by Crippen LogP contribution is -2.47. The Labute approximate surface area is 206 Å². The van der Waals surface area contributed by atoms with E-state index < -0.39 is 0 Å². The van der Waals surface area contributed by atoms with Gasteiger partial charge in [-0.05, 0) is 53.3 Å². The van der Waals surface area contributed by atoms with E-state index in [9.17, 15) is 9.59 Å². The average molecular weight is 473 g/mol. The molecule has 0 radical (unpaired) electrons. The van der Waals surface area contributed by atoms with Crippen molar-refractivity contribution in [3.63, 3.8) is 0 Å². The van der Waals surface area contributed by atoms with Crippen molar-refractivity contribution in [3.05, 3.63) is 93.7 Å². The van der Waals surface area contributed by atoms with Crippen LogP contribution >= 0.6 is 11.3 Å². The van der Waals surface area contributed by atoms with Crippen LogP contribution in [0, 0.1) is 5.92 Å². The molecular weight excluding hydrogens is 440 g/mol. The Morgan fingerprint density at radius 3 is 2.41 bits per heavy atom. The highest BCUT2D eigenvalue weighted by molar-refractivity contribution is 7.10. The van der Waals surface area contributed by atoms with E-state index in [0.29, 0.717) is 13.1 Å². The van der Waals surface area contributed by atoms with Gasteiger partial charge in [-0.3, -0.25) is 9.59 Å². The van der Waals surface area contributed by atoms with E-state index in [1.807, 2.05) is 46.2 Å². The maximum absolute atomic E-state index is 13.7. The van der Waals surface area contributed by atoms with Crippen molar-refractivity contribution >= 4 is 23.2 Å². The van der Waals surface area contributed by atoms with Gasteiger partial charge in [-0.25, -0.2) is 0 Å². The van der Waals surface area contributed by atoms with E-state index in [1.165, 1.54) is 16.0 Å². The second-order valence-corrected chi connectivity index (χ2v) is 10.4. The minimum Gasteiger partial charge on any atom is -0.333 e. The molecular formula is C29H32N2O2S. The third kappa shape index (κ3) is 4.67. The highest BCUT2D eigenvalue weighted by atomic mass is 32.1. The van der Waals surface area contributed by atoms with E-state index in [0.717, 1.165) is 31.2 Å². The number of hydrogen-bond acceptors (Lipinski definition) is 3. The summed E-state index contributed by atoms with van der Waals surface area (Å²) in [6.07, 6.45) is 3.68. The van der Waals surface area contributed by atoms with Gasteiger partial charge in [0, 0.05) is 23.9 Å². The van der Waals surface area contributed by atoms with Gasteiger partial charge in [0.2, 0.25) is 11.8 Å². The first kappa shape index (κ1) is 22.9. The Hall–Kier alpha value is -2.92. The summed E-state index contributed by atoms with van der Waals surface area (Å²) in [5, 5.41) is 2.13. The first-order chi connectivity index (χ1) is 16.7. The molecule has 176 valence electrons. The molecule has 1 fully saturated rings. The zero-order chi connectivity index (χ0) is 23.5. The van der Waals surface area contributed by atoms with Crippen LogP contribution in [0.4, 0.5) is 0 Å². The predicted molar refractivity (Wildman–Crippen MR) is 137 cm³/mol. The van der Waals surface area contributed by atoms with Gasteiger partial charge in [-0.2, -0.15) is 0 Å². The molecule has 1 aliphatic heterocycles. The van der Waals surface area contributed by atoms with Gasteiger partial charge in [0.05, 0.1) is 12.6 Å². The largest absolute Gasteiger partial charge is 0.333 e. The third-order valence-electron chi connectivity index (χ3n) is 7.16. The van der Waals surface area contributed by atoms with Crippen molar-refractivity contribution in [2.75, 3.05) is 19.6 Å². The maximum atomic E-state index is 13.7. The Morgan fingerprint density at radius 2 is 1.71 bits per heavy atom. The zero-order valence-electron chi connectivity index (χ0n) is 19.7. The normalized spacial score (nSPS) is 21.1. The van der Waals surface area contributed by atoms with Crippen molar-refractivity contribution in [1.29, 1.82) is 0 Å². The molecule has 1 aliphatic carbocycles. The van der Waals surface area contributed by atoms with Crippen LogP contribution in [0.5, 0.6) is 0 Å². The van der Waals surface area contributed by atoms with Gasteiger partial charge >= 0.3 is 0 Å². The first-order valence-corrected chi connectivity index (χ1v) is 13.3. The van der Waals surface area contributed by atoms with Crippen molar-refractivity contribution in [3.8, 4) is 0 Å². The molecule has 3 atom stereocenters. The Bertz CT molecular complexity index is 1130. The summed E-state index contributed by atoms with van der Waals surface area (Å²) < 4.78 is 0. The van der Waals surface area contributed by atoms with E-state index in [-0.39, 0.29) is 36.2 Å². The van der Waals surface area contributed by atoms with Gasteiger partial charge in [0.15, 0.2) is 0 Å². The molecule has 0 N–H and O–H groups in total. The quantitative estimate of drug-likeness (QED) is 0.425. The van der Waals surface area contributed by atoms with Crippen LogP contribution in [0.15, 0.2) is 72.1 Å². The topological polar surface area (TPSA) is 40.6 Å². The minimum atomic E-state index is -0.0789. The molecule has 0 bridgehead atoms. The second-order valence-electron chi connectivity index (χ2n) is 9.42. The molecule has 2 aromatic carbocycles. The summed E-state index contributed by atoms with van der Waals surface area (Å²) in [5.41, 5.74) is 3.59. The second kappa shape index (κ2) is 10.1. The molecule has 0 saturated heterocycles. The number of benzene rings is 2. The standard InChI is InChI=1S/C29H32N2O2S/c1-2-3-16-30(29(33)25-19-24(25)21-10-6-4-7-11-21)20-27(32)31-17-14-26-23(15-18-34-26)28(31)22-12-8-5-9-13-22/h4-13,15,18,24-25,28H,2-3,14,16-17,19-20H2,1H3. The number of nitrogens with zero attached hydrogens (tertiary/aromatic N) is 2. The lowest BCUT2D eigenvalue weighted by atomic mass is 9.93. The molecule has 2 amide bonds. The summed E-state index contributed by atoms with van der Waals surface area (Å²) in [4.78, 5) is 32.4. The fraction of sp³-hybridized carbons (Fsp3) is 0.379. The molecule has 34 heavy (non-hydrogen) atoms. The summed E-state index contributed by atoms with van der Waals surface area (Å²) in [6, 6.07) is 22.7. The molecule has 3 aromatic rings. The highest BCUT2D eigenvalue weighted by Gasteiger charge is 2.46. The smallest absolute Gasteiger partial charge is 0.242 e. The van der Waals surface area contributed by atoms with E-state index in [1.54, 1.807) is 11.3 Å². The average Bonchev–Trinajstić information content (AvgIpc) is 3.54. The summed E-state index contributed by atoms with van der Waals surface area (Å²) in [5.74, 6) is 0.474. The van der Waals surface area contributed by atoms with Crippen LogP contribution in [0.2, 0.25) is 0 Å². The molecule has 2 aliphatic rings. The SMILES string of the molecule is CCCCN(CC(=O)N1CCc2sccc2C1c1ccccc1)C(=O)C1CC1c1ccccc1. The fourth-order valence-corrected chi connectivity index (χ4v) is 6.12. The number of hydrogen-bond donors (Lipinski definition) is 0. The molecule has 5 rings (SSSR count). The van der Waals surface area contributed by atoms with Gasteiger partial charge in [0.1, 0.15) is 0 Å². The van der Waals surface area contributed by atoms with E-state index in [4.69, 9.17) is 0 Å². The molecule has 1 aromatic heterocycles. The monoisotopic (exact) mass is 472 g/mol. The Balaban J connectivity index is 1.34. The van der Waals surface area contributed by atoms with E-state index >= 15 is 0 Å². The number of thiophene rings is 1. The van der Waals surface area contributed by atoms with E-state index in [2.05, 4.69) is 42.6 Å². The number of fused-ring (bicyclic) bond motifs is 1. The number of unbranched alkanes of at least 4 members (excludes halogenated alkanes) is 1. The molecule has 2 heterocycles. The Kier molecular flexibility index (Phi) is 6.82. The van der Waals surface area contributed by atoms with Gasteiger partial charge in [-0.15, -0.1) is 11.3 Å². The van der Waals surface area contributed by atoms with Crippen LogP contribution in [-0.2, 0) is 16.0 Å². The molecule has 5 heteroatoms. The minimum absolute atomic E-state index is 0.00167. The zero-order valence-corrected chi connectivity index (χ0v) is 20.5. The van der Waals surface area contributed by atoms with Crippen molar-refractivity contribution in [1.82, 2.24) is 9.80 Å². The summed E-state index contributed by atoms with van der Waals surface area (Å²) >= 11 is 1.78. The van der Waals surface area contributed by atoms with Gasteiger partial charge in [-0.1, -0.05) is 74.0 Å². The number of carbonyl (C=O) groups excluding carboxylic acids is 2. The number of amides is 2. The summed E-state index contributed by atoms with van der Waals surface area (Å²) in [6.45, 7) is 3.63. The molecule has 1 saturated carbocycles. The fourth-order valence-electron chi connectivity index (χ4n) is 5.22. The van der Waals surface area contributed by atoms with Crippen molar-refractivity contribution in [2.24, 2.45) is 5.92 Å². The van der Waals surface area contributed by atoms with Crippen molar-refractivity contribution < 1.29 is 9.59 Å². The van der Waals surface area contributed by atoms with Crippen LogP contribution in [-0.4, -0.2) is 41.2 Å². The summed E-state index contributed by atoms with van der Waals surface area (Å²) in [7, 11) is 0. The predicted octanol–water partition coefficient (Wildman–Crippen LogP) is 5.65. The maximum Gasteiger partial charge on any atom is 0.242 e. The third-order valence-corrected chi connectivity index (χ3v) is 8.15. The number of carbonyl (C=O) groups is 2. The molecule has 0 spiro atoms.